The number of halogens is 1. The van der Waals surface area contributed by atoms with Gasteiger partial charge in [0.05, 0.1) is 25.3 Å². The van der Waals surface area contributed by atoms with E-state index in [4.69, 9.17) is 21.1 Å². The van der Waals surface area contributed by atoms with E-state index in [1.54, 1.807) is 26.4 Å². The summed E-state index contributed by atoms with van der Waals surface area (Å²) in [4.78, 5) is 17.5. The van der Waals surface area contributed by atoms with Crippen molar-refractivity contribution in [3.63, 3.8) is 0 Å². The van der Waals surface area contributed by atoms with E-state index in [-0.39, 0.29) is 5.91 Å². The molecule has 1 aliphatic rings. The predicted molar refractivity (Wildman–Crippen MR) is 109 cm³/mol. The monoisotopic (exact) mass is 396 g/mol. The predicted octanol–water partition coefficient (Wildman–Crippen LogP) is 4.63. The second kappa shape index (κ2) is 6.99. The first-order chi connectivity index (χ1) is 13.5. The van der Waals surface area contributed by atoms with E-state index in [0.717, 1.165) is 34.9 Å². The average molecular weight is 397 g/mol. The molecule has 3 aromatic rings. The third-order valence-electron chi connectivity index (χ3n) is 5.29. The highest BCUT2D eigenvalue weighted by molar-refractivity contribution is 6.29. The molecule has 144 valence electrons. The summed E-state index contributed by atoms with van der Waals surface area (Å²) >= 11 is 6.07. The lowest BCUT2D eigenvalue weighted by Gasteiger charge is -2.21. The summed E-state index contributed by atoms with van der Waals surface area (Å²) in [7, 11) is 3.21. The first kappa shape index (κ1) is 18.6. The topological polar surface area (TPSA) is 60.5 Å². The third-order valence-corrected chi connectivity index (χ3v) is 5.50. The number of hydrogen-bond donors (Lipinski definition) is 1. The van der Waals surface area contributed by atoms with Crippen molar-refractivity contribution in [1.29, 1.82) is 0 Å². The average Bonchev–Trinajstić information content (AvgIpc) is 3.47. The van der Waals surface area contributed by atoms with Gasteiger partial charge in [-0.1, -0.05) is 17.7 Å². The van der Waals surface area contributed by atoms with Gasteiger partial charge in [0.2, 0.25) is 0 Å². The maximum absolute atomic E-state index is 13.1. The minimum absolute atomic E-state index is 0.119. The number of nitrogens with zero attached hydrogens (tertiary/aromatic N) is 1. The Hall–Kier alpha value is -2.79. The van der Waals surface area contributed by atoms with Crippen LogP contribution < -0.4 is 14.8 Å². The Balaban J connectivity index is 1.75. The van der Waals surface area contributed by atoms with Crippen molar-refractivity contribution in [2.24, 2.45) is 0 Å². The van der Waals surface area contributed by atoms with Crippen LogP contribution in [0.2, 0.25) is 5.15 Å². The molecule has 1 heterocycles. The zero-order valence-electron chi connectivity index (χ0n) is 16.0. The van der Waals surface area contributed by atoms with Gasteiger partial charge in [-0.3, -0.25) is 4.79 Å². The highest BCUT2D eigenvalue weighted by Gasteiger charge is 2.47. The lowest BCUT2D eigenvalue weighted by molar-refractivity contribution is 0.0930. The summed E-state index contributed by atoms with van der Waals surface area (Å²) < 4.78 is 10.7. The van der Waals surface area contributed by atoms with Crippen LogP contribution in [0.25, 0.3) is 10.9 Å². The number of aryl methyl sites for hydroxylation is 1. The number of nitrogens with one attached hydrogen (secondary N) is 1. The Kier molecular flexibility index (Phi) is 4.63. The molecule has 0 unspecified atom stereocenters. The van der Waals surface area contributed by atoms with Crippen LogP contribution in [0.3, 0.4) is 0 Å². The van der Waals surface area contributed by atoms with Crippen molar-refractivity contribution in [1.82, 2.24) is 10.3 Å². The van der Waals surface area contributed by atoms with Crippen LogP contribution in [0.4, 0.5) is 0 Å². The summed E-state index contributed by atoms with van der Waals surface area (Å²) in [5.41, 5.74) is 2.83. The van der Waals surface area contributed by atoms with E-state index < -0.39 is 5.54 Å². The molecule has 0 aliphatic heterocycles. The highest BCUT2D eigenvalue weighted by atomic mass is 35.5. The van der Waals surface area contributed by atoms with E-state index in [1.165, 1.54) is 0 Å². The van der Waals surface area contributed by atoms with Gasteiger partial charge in [-0.15, -0.1) is 0 Å². The first-order valence-corrected chi connectivity index (χ1v) is 9.45. The molecule has 6 heteroatoms. The molecule has 0 atom stereocenters. The van der Waals surface area contributed by atoms with E-state index in [9.17, 15) is 4.79 Å². The smallest absolute Gasteiger partial charge is 0.252 e. The van der Waals surface area contributed by atoms with Gasteiger partial charge < -0.3 is 14.8 Å². The third kappa shape index (κ3) is 3.27. The molecule has 2 aromatic carbocycles. The molecule has 1 fully saturated rings. The molecule has 28 heavy (non-hydrogen) atoms. The number of pyridine rings is 1. The number of hydrogen-bond acceptors (Lipinski definition) is 4. The molecule has 1 saturated carbocycles. The summed E-state index contributed by atoms with van der Waals surface area (Å²) in [6, 6.07) is 13.1. The van der Waals surface area contributed by atoms with Gasteiger partial charge in [0.25, 0.3) is 5.91 Å². The summed E-state index contributed by atoms with van der Waals surface area (Å²) in [5.74, 6) is 1.23. The minimum atomic E-state index is -0.436. The van der Waals surface area contributed by atoms with Gasteiger partial charge in [0.15, 0.2) is 0 Å². The Morgan fingerprint density at radius 1 is 1.07 bits per heavy atom. The molecule has 5 nitrogen and oxygen atoms in total. The molecule has 1 aliphatic carbocycles. The van der Waals surface area contributed by atoms with Crippen LogP contribution in [-0.2, 0) is 5.54 Å². The standard InChI is InChI=1S/C22H21ClN2O3/c1-13-4-5-14(27-2)10-17(13)21(26)25-22(8-9-22)18-11-15(28-3)12-19-16(18)6-7-20(23)24-19/h4-7,10-12H,8-9H2,1-3H3,(H,25,26). The number of methoxy groups -OCH3 is 2. The van der Waals surface area contributed by atoms with Gasteiger partial charge in [-0.2, -0.15) is 0 Å². The lowest BCUT2D eigenvalue weighted by Crippen LogP contribution is -2.35. The summed E-state index contributed by atoms with van der Waals surface area (Å²) in [6.45, 7) is 1.92. The summed E-state index contributed by atoms with van der Waals surface area (Å²) in [5, 5.41) is 4.63. The molecule has 0 saturated heterocycles. The second-order valence-electron chi connectivity index (χ2n) is 7.09. The Morgan fingerprint density at radius 3 is 2.50 bits per heavy atom. The van der Waals surface area contributed by atoms with E-state index in [2.05, 4.69) is 10.3 Å². The number of amides is 1. The number of aromatic nitrogens is 1. The zero-order chi connectivity index (χ0) is 19.9. The van der Waals surface area contributed by atoms with Crippen molar-refractivity contribution in [2.45, 2.75) is 25.3 Å². The fourth-order valence-corrected chi connectivity index (χ4v) is 3.70. The van der Waals surface area contributed by atoms with Crippen LogP contribution in [0.15, 0.2) is 42.5 Å². The van der Waals surface area contributed by atoms with E-state index >= 15 is 0 Å². The van der Waals surface area contributed by atoms with Crippen LogP contribution in [0, 0.1) is 6.92 Å². The highest BCUT2D eigenvalue weighted by Crippen LogP contribution is 2.49. The van der Waals surface area contributed by atoms with E-state index in [1.807, 2.05) is 37.3 Å². The maximum atomic E-state index is 13.1. The number of rotatable bonds is 5. The lowest BCUT2D eigenvalue weighted by atomic mass is 9.97. The number of carbonyl (C=O) groups excluding carboxylic acids is 1. The number of carbonyl (C=O) groups is 1. The zero-order valence-corrected chi connectivity index (χ0v) is 16.8. The Bertz CT molecular complexity index is 1080. The van der Waals surface area contributed by atoms with Gasteiger partial charge >= 0.3 is 0 Å². The van der Waals surface area contributed by atoms with Gasteiger partial charge in [0, 0.05) is 17.0 Å². The molecule has 0 bridgehead atoms. The van der Waals surface area contributed by atoms with Crippen LogP contribution >= 0.6 is 11.6 Å². The molecule has 0 radical (unpaired) electrons. The first-order valence-electron chi connectivity index (χ1n) is 9.08. The van der Waals surface area contributed by atoms with Crippen molar-refractivity contribution in [3.8, 4) is 11.5 Å². The van der Waals surface area contributed by atoms with Crippen molar-refractivity contribution in [2.75, 3.05) is 14.2 Å². The number of ether oxygens (including phenoxy) is 2. The van der Waals surface area contributed by atoms with Gasteiger partial charge in [0.1, 0.15) is 16.7 Å². The van der Waals surface area contributed by atoms with Gasteiger partial charge in [-0.05, 0) is 61.2 Å². The maximum Gasteiger partial charge on any atom is 0.252 e. The van der Waals surface area contributed by atoms with Crippen LogP contribution in [0.1, 0.15) is 34.3 Å². The quantitative estimate of drug-likeness (QED) is 0.638. The fourth-order valence-electron chi connectivity index (χ4n) is 3.54. The fraction of sp³-hybridized carbons (Fsp3) is 0.273. The van der Waals surface area contributed by atoms with Gasteiger partial charge in [-0.25, -0.2) is 4.98 Å². The molecule has 1 amide bonds. The number of benzene rings is 2. The van der Waals surface area contributed by atoms with Crippen molar-refractivity contribution < 1.29 is 14.3 Å². The normalized spacial score (nSPS) is 14.6. The second-order valence-corrected chi connectivity index (χ2v) is 7.48. The number of fused-ring (bicyclic) bond motifs is 1. The molecular weight excluding hydrogens is 376 g/mol. The van der Waals surface area contributed by atoms with Crippen molar-refractivity contribution >= 4 is 28.4 Å². The molecule has 0 spiro atoms. The molecular formula is C22H21ClN2O3. The summed E-state index contributed by atoms with van der Waals surface area (Å²) in [6.07, 6.45) is 1.71. The van der Waals surface area contributed by atoms with E-state index in [0.29, 0.717) is 22.2 Å². The van der Waals surface area contributed by atoms with Crippen LogP contribution in [-0.4, -0.2) is 25.1 Å². The Labute approximate surface area is 168 Å². The van der Waals surface area contributed by atoms with Crippen molar-refractivity contribution in [3.05, 3.63) is 64.3 Å². The molecule has 1 aromatic heterocycles. The minimum Gasteiger partial charge on any atom is -0.497 e. The largest absolute Gasteiger partial charge is 0.497 e. The molecule has 4 rings (SSSR count). The molecule has 1 N–H and O–H groups in total. The Morgan fingerprint density at radius 2 is 1.82 bits per heavy atom. The van der Waals surface area contributed by atoms with Crippen LogP contribution in [0.5, 0.6) is 11.5 Å². The SMILES string of the molecule is COc1ccc(C)c(C(=O)NC2(c3cc(OC)cc4nc(Cl)ccc34)CC2)c1.